The molecular formula is C23H24N2O3S. The van der Waals surface area contributed by atoms with Crippen LogP contribution in [0.1, 0.15) is 29.8 Å². The Hall–Kier alpha value is -3.12. The lowest BCUT2D eigenvalue weighted by Gasteiger charge is -2.23. The SMILES string of the molecule is CCc1ccccc1NC(=O)c1ccc(N(CC)S(=O)(=O)c2ccccc2)cc1. The molecule has 0 fully saturated rings. The smallest absolute Gasteiger partial charge is 0.264 e. The normalized spacial score (nSPS) is 11.1. The van der Waals surface area contributed by atoms with Gasteiger partial charge in [0.1, 0.15) is 0 Å². The second kappa shape index (κ2) is 8.92. The number of carbonyl (C=O) groups excluding carboxylic acids is 1. The van der Waals surface area contributed by atoms with E-state index in [9.17, 15) is 13.2 Å². The second-order valence-electron chi connectivity index (χ2n) is 6.49. The van der Waals surface area contributed by atoms with E-state index in [1.807, 2.05) is 31.2 Å². The predicted octanol–water partition coefficient (Wildman–Crippen LogP) is 4.72. The van der Waals surface area contributed by atoms with Gasteiger partial charge in [0.2, 0.25) is 0 Å². The van der Waals surface area contributed by atoms with Gasteiger partial charge >= 0.3 is 0 Å². The molecule has 1 amide bonds. The van der Waals surface area contributed by atoms with Crippen molar-refractivity contribution in [2.45, 2.75) is 25.2 Å². The van der Waals surface area contributed by atoms with E-state index in [0.29, 0.717) is 11.3 Å². The zero-order chi connectivity index (χ0) is 20.9. The summed E-state index contributed by atoms with van der Waals surface area (Å²) in [6.07, 6.45) is 0.818. The number of benzene rings is 3. The highest BCUT2D eigenvalue weighted by Gasteiger charge is 2.23. The Morgan fingerprint density at radius 1 is 0.862 bits per heavy atom. The maximum atomic E-state index is 12.9. The van der Waals surface area contributed by atoms with Gasteiger partial charge in [-0.3, -0.25) is 9.10 Å². The fourth-order valence-electron chi connectivity index (χ4n) is 3.14. The molecule has 6 heteroatoms. The third-order valence-electron chi connectivity index (χ3n) is 4.68. The number of para-hydroxylation sites is 1. The summed E-state index contributed by atoms with van der Waals surface area (Å²) >= 11 is 0. The van der Waals surface area contributed by atoms with Crippen LogP contribution in [0, 0.1) is 0 Å². The molecular weight excluding hydrogens is 384 g/mol. The van der Waals surface area contributed by atoms with Gasteiger partial charge < -0.3 is 5.32 Å². The molecule has 0 saturated heterocycles. The maximum absolute atomic E-state index is 12.9. The van der Waals surface area contributed by atoms with Crippen molar-refractivity contribution in [3.63, 3.8) is 0 Å². The molecule has 0 saturated carbocycles. The second-order valence-corrected chi connectivity index (χ2v) is 8.36. The van der Waals surface area contributed by atoms with Gasteiger partial charge in [-0.05, 0) is 61.4 Å². The number of anilines is 2. The minimum Gasteiger partial charge on any atom is -0.322 e. The van der Waals surface area contributed by atoms with Crippen molar-refractivity contribution in [2.75, 3.05) is 16.2 Å². The van der Waals surface area contributed by atoms with Crippen LogP contribution in [-0.2, 0) is 16.4 Å². The first-order chi connectivity index (χ1) is 14.0. The van der Waals surface area contributed by atoms with Crippen LogP contribution < -0.4 is 9.62 Å². The summed E-state index contributed by atoms with van der Waals surface area (Å²) in [5.74, 6) is -0.230. The molecule has 3 rings (SSSR count). The topological polar surface area (TPSA) is 66.5 Å². The van der Waals surface area contributed by atoms with E-state index < -0.39 is 10.0 Å². The highest BCUT2D eigenvalue weighted by Crippen LogP contribution is 2.24. The van der Waals surface area contributed by atoms with Crippen molar-refractivity contribution >= 4 is 27.3 Å². The maximum Gasteiger partial charge on any atom is 0.264 e. The number of hydrogen-bond donors (Lipinski definition) is 1. The van der Waals surface area contributed by atoms with Gasteiger partial charge in [0.05, 0.1) is 10.6 Å². The Balaban J connectivity index is 1.82. The van der Waals surface area contributed by atoms with Crippen molar-refractivity contribution in [2.24, 2.45) is 0 Å². The third-order valence-corrected chi connectivity index (χ3v) is 6.60. The Morgan fingerprint density at radius 3 is 2.10 bits per heavy atom. The lowest BCUT2D eigenvalue weighted by atomic mass is 10.1. The van der Waals surface area contributed by atoms with Crippen LogP contribution in [-0.4, -0.2) is 20.9 Å². The van der Waals surface area contributed by atoms with E-state index in [4.69, 9.17) is 0 Å². The molecule has 3 aromatic rings. The number of carbonyl (C=O) groups is 1. The van der Waals surface area contributed by atoms with E-state index in [0.717, 1.165) is 17.7 Å². The molecule has 0 atom stereocenters. The standard InChI is InChI=1S/C23H24N2O3S/c1-3-18-10-8-9-13-22(18)24-23(26)19-14-16-20(17-15-19)25(4-2)29(27,28)21-11-6-5-7-12-21/h5-17H,3-4H2,1-2H3,(H,24,26). The number of sulfonamides is 1. The molecule has 5 nitrogen and oxygen atoms in total. The molecule has 0 aliphatic carbocycles. The quantitative estimate of drug-likeness (QED) is 0.615. The average Bonchev–Trinajstić information content (AvgIpc) is 2.75. The van der Waals surface area contributed by atoms with Crippen LogP contribution in [0.25, 0.3) is 0 Å². The monoisotopic (exact) mass is 408 g/mol. The third kappa shape index (κ3) is 4.49. The summed E-state index contributed by atoms with van der Waals surface area (Å²) in [5.41, 5.74) is 2.82. The predicted molar refractivity (Wildman–Crippen MR) is 117 cm³/mol. The minimum absolute atomic E-state index is 0.230. The Bertz CT molecular complexity index is 1080. The highest BCUT2D eigenvalue weighted by atomic mass is 32.2. The summed E-state index contributed by atoms with van der Waals surface area (Å²) in [7, 11) is -3.66. The Morgan fingerprint density at radius 2 is 1.48 bits per heavy atom. The Labute approximate surface area is 172 Å². The molecule has 0 unspecified atom stereocenters. The highest BCUT2D eigenvalue weighted by molar-refractivity contribution is 7.92. The summed E-state index contributed by atoms with van der Waals surface area (Å²) in [6.45, 7) is 4.10. The zero-order valence-electron chi connectivity index (χ0n) is 16.5. The van der Waals surface area contributed by atoms with E-state index in [-0.39, 0.29) is 17.3 Å². The molecule has 0 aliphatic heterocycles. The first kappa shape index (κ1) is 20.6. The molecule has 3 aromatic carbocycles. The average molecular weight is 409 g/mol. The fourth-order valence-corrected chi connectivity index (χ4v) is 4.63. The molecule has 0 heterocycles. The number of hydrogen-bond acceptors (Lipinski definition) is 3. The number of nitrogens with zero attached hydrogens (tertiary/aromatic N) is 1. The van der Waals surface area contributed by atoms with E-state index in [1.54, 1.807) is 61.5 Å². The molecule has 1 N–H and O–H groups in total. The fraction of sp³-hybridized carbons (Fsp3) is 0.174. The summed E-state index contributed by atoms with van der Waals surface area (Å²) in [6, 6.07) is 22.6. The molecule has 29 heavy (non-hydrogen) atoms. The van der Waals surface area contributed by atoms with Gasteiger partial charge in [-0.2, -0.15) is 0 Å². The first-order valence-corrected chi connectivity index (χ1v) is 11.0. The molecule has 0 radical (unpaired) electrons. The molecule has 0 spiro atoms. The van der Waals surface area contributed by atoms with Gasteiger partial charge in [-0.15, -0.1) is 0 Å². The van der Waals surface area contributed by atoms with Gasteiger partial charge in [0.25, 0.3) is 15.9 Å². The number of rotatable bonds is 7. The lowest BCUT2D eigenvalue weighted by molar-refractivity contribution is 0.102. The van der Waals surface area contributed by atoms with Crippen molar-refractivity contribution in [1.29, 1.82) is 0 Å². The van der Waals surface area contributed by atoms with Gasteiger partial charge in [0, 0.05) is 17.8 Å². The van der Waals surface area contributed by atoms with Crippen molar-refractivity contribution in [3.8, 4) is 0 Å². The van der Waals surface area contributed by atoms with Crippen molar-refractivity contribution < 1.29 is 13.2 Å². The molecule has 150 valence electrons. The van der Waals surface area contributed by atoms with Crippen LogP contribution in [0.5, 0.6) is 0 Å². The minimum atomic E-state index is -3.66. The van der Waals surface area contributed by atoms with Gasteiger partial charge in [0.15, 0.2) is 0 Å². The van der Waals surface area contributed by atoms with Crippen LogP contribution in [0.2, 0.25) is 0 Å². The largest absolute Gasteiger partial charge is 0.322 e. The van der Waals surface area contributed by atoms with Crippen LogP contribution >= 0.6 is 0 Å². The van der Waals surface area contributed by atoms with Crippen LogP contribution in [0.15, 0.2) is 83.8 Å². The molecule has 0 aromatic heterocycles. The zero-order valence-corrected chi connectivity index (χ0v) is 17.3. The molecule has 0 bridgehead atoms. The number of aryl methyl sites for hydroxylation is 1. The molecule has 0 aliphatic rings. The van der Waals surface area contributed by atoms with Gasteiger partial charge in [-0.25, -0.2) is 8.42 Å². The van der Waals surface area contributed by atoms with Crippen LogP contribution in [0.3, 0.4) is 0 Å². The summed E-state index contributed by atoms with van der Waals surface area (Å²) in [5, 5.41) is 2.93. The van der Waals surface area contributed by atoms with E-state index >= 15 is 0 Å². The van der Waals surface area contributed by atoms with E-state index in [1.165, 1.54) is 4.31 Å². The van der Waals surface area contributed by atoms with Crippen molar-refractivity contribution in [1.82, 2.24) is 0 Å². The Kier molecular flexibility index (Phi) is 6.34. The summed E-state index contributed by atoms with van der Waals surface area (Å²) < 4.78 is 27.2. The first-order valence-electron chi connectivity index (χ1n) is 9.54. The van der Waals surface area contributed by atoms with Crippen LogP contribution in [0.4, 0.5) is 11.4 Å². The number of amides is 1. The lowest BCUT2D eigenvalue weighted by Crippen LogP contribution is -2.30. The van der Waals surface area contributed by atoms with E-state index in [2.05, 4.69) is 5.32 Å². The number of nitrogens with one attached hydrogen (secondary N) is 1. The van der Waals surface area contributed by atoms with Crippen molar-refractivity contribution in [3.05, 3.63) is 90.0 Å². The van der Waals surface area contributed by atoms with Gasteiger partial charge in [-0.1, -0.05) is 43.3 Å². The summed E-state index contributed by atoms with van der Waals surface area (Å²) in [4.78, 5) is 12.8.